The van der Waals surface area contributed by atoms with Crippen LogP contribution in [0.1, 0.15) is 20.3 Å². The third-order valence-corrected chi connectivity index (χ3v) is 3.33. The molecule has 0 bridgehead atoms. The number of nitrogens with zero attached hydrogens (tertiary/aromatic N) is 1. The van der Waals surface area contributed by atoms with Crippen molar-refractivity contribution in [3.63, 3.8) is 0 Å². The first kappa shape index (κ1) is 14.2. The van der Waals surface area contributed by atoms with Crippen LogP contribution in [0.25, 0.3) is 0 Å². The molecule has 0 fully saturated rings. The highest BCUT2D eigenvalue weighted by atomic mass is 32.2. The number of aliphatic imine (C=N–C) groups is 1. The lowest BCUT2D eigenvalue weighted by molar-refractivity contribution is -0.137. The first-order chi connectivity index (χ1) is 6.97. The lowest BCUT2D eigenvalue weighted by Gasteiger charge is -2.13. The average Bonchev–Trinajstić information content (AvgIpc) is 2.17. The summed E-state index contributed by atoms with van der Waals surface area (Å²) in [7, 11) is 0. The summed E-state index contributed by atoms with van der Waals surface area (Å²) in [5.41, 5.74) is 10.8. The molecule has 0 spiro atoms. The maximum absolute atomic E-state index is 10.5. The molecule has 0 aromatic rings. The first-order valence-electron chi connectivity index (χ1n) is 4.83. The van der Waals surface area contributed by atoms with E-state index < -0.39 is 12.0 Å². The second-order valence-corrected chi connectivity index (χ2v) is 4.62. The van der Waals surface area contributed by atoms with Crippen LogP contribution in [0.4, 0.5) is 0 Å². The quantitative estimate of drug-likeness (QED) is 0.433. The summed E-state index contributed by atoms with van der Waals surface area (Å²) < 4.78 is 0. The molecule has 88 valence electrons. The molecule has 0 aromatic carbocycles. The Bertz CT molecular complexity index is 229. The average molecular weight is 233 g/mol. The molecular weight excluding hydrogens is 214 g/mol. The maximum Gasteiger partial charge on any atom is 0.321 e. The van der Waals surface area contributed by atoms with Gasteiger partial charge in [0.25, 0.3) is 0 Å². The molecule has 1 unspecified atom stereocenters. The molecule has 5 N–H and O–H groups in total. The minimum Gasteiger partial charge on any atom is -0.480 e. The minimum atomic E-state index is -0.962. The van der Waals surface area contributed by atoms with Crippen molar-refractivity contribution in [1.82, 2.24) is 0 Å². The normalized spacial score (nSPS) is 16.1. The van der Waals surface area contributed by atoms with E-state index in [-0.39, 0.29) is 5.25 Å². The Labute approximate surface area is 94.3 Å². The summed E-state index contributed by atoms with van der Waals surface area (Å²) in [5.74, 6) is -0.0000737. The number of hydrogen-bond donors (Lipinski definition) is 3. The van der Waals surface area contributed by atoms with Crippen LogP contribution in [0.2, 0.25) is 0 Å². The minimum absolute atomic E-state index is 0.286. The van der Waals surface area contributed by atoms with Crippen LogP contribution in [-0.4, -0.2) is 40.5 Å². The fourth-order valence-corrected chi connectivity index (χ4v) is 1.89. The predicted octanol–water partition coefficient (Wildman–Crippen LogP) is 0.287. The SMILES string of the molecule is CCC(CN=C(C)N)SC[C@H](N)C(=O)O. The van der Waals surface area contributed by atoms with E-state index >= 15 is 0 Å². The fourth-order valence-electron chi connectivity index (χ4n) is 0.857. The molecule has 15 heavy (non-hydrogen) atoms. The van der Waals surface area contributed by atoms with Gasteiger partial charge in [0.1, 0.15) is 6.04 Å². The van der Waals surface area contributed by atoms with Crippen molar-refractivity contribution in [3.8, 4) is 0 Å². The Morgan fingerprint density at radius 3 is 2.60 bits per heavy atom. The molecule has 0 aliphatic carbocycles. The zero-order chi connectivity index (χ0) is 11.8. The molecule has 0 aliphatic rings. The summed E-state index contributed by atoms with van der Waals surface area (Å²) in [4.78, 5) is 14.6. The van der Waals surface area contributed by atoms with Gasteiger partial charge in [-0.25, -0.2) is 0 Å². The van der Waals surface area contributed by atoms with Crippen LogP contribution in [0.15, 0.2) is 4.99 Å². The van der Waals surface area contributed by atoms with E-state index in [1.165, 1.54) is 11.8 Å². The van der Waals surface area contributed by atoms with Crippen molar-refractivity contribution >= 4 is 23.6 Å². The number of amidine groups is 1. The number of thioether (sulfide) groups is 1. The Hall–Kier alpha value is -0.750. The summed E-state index contributed by atoms with van der Waals surface area (Å²) in [5, 5.41) is 8.89. The van der Waals surface area contributed by atoms with Gasteiger partial charge in [0.05, 0.1) is 12.4 Å². The topological polar surface area (TPSA) is 102 Å². The van der Waals surface area contributed by atoms with Crippen LogP contribution in [-0.2, 0) is 4.79 Å². The molecule has 6 heteroatoms. The van der Waals surface area contributed by atoms with E-state index in [0.29, 0.717) is 18.1 Å². The third kappa shape index (κ3) is 7.21. The molecule has 0 heterocycles. The smallest absolute Gasteiger partial charge is 0.321 e. The molecule has 2 atom stereocenters. The summed E-state index contributed by atoms with van der Waals surface area (Å²) in [6, 6.07) is -0.799. The van der Waals surface area contributed by atoms with Gasteiger partial charge in [0.2, 0.25) is 0 Å². The highest BCUT2D eigenvalue weighted by Crippen LogP contribution is 2.15. The standard InChI is InChI=1S/C9H19N3O2S/c1-3-7(4-12-6(2)10)15-5-8(11)9(13)14/h7-8H,3-5,11H2,1-2H3,(H2,10,12)(H,13,14)/t7?,8-/m0/s1. The molecule has 5 nitrogen and oxygen atoms in total. The molecule has 0 amide bonds. The molecule has 0 rings (SSSR count). The Balaban J connectivity index is 3.90. The van der Waals surface area contributed by atoms with Gasteiger partial charge in [-0.1, -0.05) is 6.92 Å². The predicted molar refractivity (Wildman–Crippen MR) is 64.3 cm³/mol. The molecule has 0 aromatic heterocycles. The van der Waals surface area contributed by atoms with Crippen LogP contribution in [0, 0.1) is 0 Å². The Kier molecular flexibility index (Phi) is 7.15. The zero-order valence-corrected chi connectivity index (χ0v) is 9.96. The summed E-state index contributed by atoms with van der Waals surface area (Å²) >= 11 is 1.53. The molecular formula is C9H19N3O2S. The lowest BCUT2D eigenvalue weighted by atomic mass is 10.3. The number of aliphatic carboxylic acids is 1. The summed E-state index contributed by atoms with van der Waals surface area (Å²) in [6.07, 6.45) is 0.924. The van der Waals surface area contributed by atoms with Gasteiger partial charge >= 0.3 is 5.97 Å². The van der Waals surface area contributed by atoms with Gasteiger partial charge in [-0.3, -0.25) is 9.79 Å². The van der Waals surface area contributed by atoms with Crippen molar-refractivity contribution < 1.29 is 9.90 Å². The second-order valence-electron chi connectivity index (χ2n) is 3.29. The third-order valence-electron chi connectivity index (χ3n) is 1.83. The highest BCUT2D eigenvalue weighted by Gasteiger charge is 2.14. The Morgan fingerprint density at radius 1 is 1.60 bits per heavy atom. The molecule has 0 radical (unpaired) electrons. The van der Waals surface area contributed by atoms with Gasteiger partial charge in [0, 0.05) is 11.0 Å². The van der Waals surface area contributed by atoms with Crippen molar-refractivity contribution in [2.45, 2.75) is 31.6 Å². The zero-order valence-electron chi connectivity index (χ0n) is 9.14. The van der Waals surface area contributed by atoms with E-state index in [9.17, 15) is 4.79 Å². The van der Waals surface area contributed by atoms with Crippen LogP contribution in [0.5, 0.6) is 0 Å². The van der Waals surface area contributed by atoms with Gasteiger partial charge < -0.3 is 16.6 Å². The van der Waals surface area contributed by atoms with E-state index in [4.69, 9.17) is 16.6 Å². The van der Waals surface area contributed by atoms with Crippen LogP contribution < -0.4 is 11.5 Å². The molecule has 0 saturated heterocycles. The van der Waals surface area contributed by atoms with E-state index in [1.54, 1.807) is 6.92 Å². The van der Waals surface area contributed by atoms with Gasteiger partial charge in [-0.2, -0.15) is 11.8 Å². The maximum atomic E-state index is 10.5. The van der Waals surface area contributed by atoms with Crippen molar-refractivity contribution in [1.29, 1.82) is 0 Å². The van der Waals surface area contributed by atoms with E-state index in [2.05, 4.69) is 4.99 Å². The summed E-state index contributed by atoms with van der Waals surface area (Å²) in [6.45, 7) is 4.39. The van der Waals surface area contributed by atoms with E-state index in [0.717, 1.165) is 6.42 Å². The monoisotopic (exact) mass is 233 g/mol. The number of carboxylic acids is 1. The first-order valence-corrected chi connectivity index (χ1v) is 5.88. The highest BCUT2D eigenvalue weighted by molar-refractivity contribution is 8.00. The van der Waals surface area contributed by atoms with Gasteiger partial charge in [-0.15, -0.1) is 0 Å². The molecule has 0 aliphatic heterocycles. The number of rotatable bonds is 7. The number of hydrogen-bond acceptors (Lipinski definition) is 4. The largest absolute Gasteiger partial charge is 0.480 e. The number of carboxylic acid groups (broad SMARTS) is 1. The van der Waals surface area contributed by atoms with E-state index in [1.807, 2.05) is 6.92 Å². The van der Waals surface area contributed by atoms with Crippen LogP contribution in [0.3, 0.4) is 0 Å². The lowest BCUT2D eigenvalue weighted by Crippen LogP contribution is -2.33. The second kappa shape index (κ2) is 7.53. The van der Waals surface area contributed by atoms with Gasteiger partial charge in [0.15, 0.2) is 0 Å². The van der Waals surface area contributed by atoms with Crippen molar-refractivity contribution in [3.05, 3.63) is 0 Å². The number of carbonyl (C=O) groups is 1. The van der Waals surface area contributed by atoms with Crippen molar-refractivity contribution in [2.24, 2.45) is 16.5 Å². The Morgan fingerprint density at radius 2 is 2.20 bits per heavy atom. The molecule has 0 saturated carbocycles. The fraction of sp³-hybridized carbons (Fsp3) is 0.778. The van der Waals surface area contributed by atoms with Crippen molar-refractivity contribution in [2.75, 3.05) is 12.3 Å². The number of nitrogens with two attached hydrogens (primary N) is 2. The van der Waals surface area contributed by atoms with Gasteiger partial charge in [-0.05, 0) is 13.3 Å². The van der Waals surface area contributed by atoms with Crippen LogP contribution >= 0.6 is 11.8 Å².